The molecule has 0 atom stereocenters. The van der Waals surface area contributed by atoms with Crippen LogP contribution in [0, 0.1) is 10.1 Å². The summed E-state index contributed by atoms with van der Waals surface area (Å²) in [6.07, 6.45) is 1.46. The molecule has 1 fully saturated rings. The van der Waals surface area contributed by atoms with Crippen molar-refractivity contribution in [1.29, 1.82) is 0 Å². The number of hydrogen-bond donors (Lipinski definition) is 1. The van der Waals surface area contributed by atoms with Crippen LogP contribution in [0.2, 0.25) is 0 Å². The number of Topliss-reactive ketones (excluding diaryl/α,β-unsaturated/α-hetero) is 1. The van der Waals surface area contributed by atoms with Gasteiger partial charge in [0.25, 0.3) is 5.09 Å². The summed E-state index contributed by atoms with van der Waals surface area (Å²) in [4.78, 5) is 21.7. The van der Waals surface area contributed by atoms with Crippen LogP contribution in [0.3, 0.4) is 0 Å². The van der Waals surface area contributed by atoms with Crippen LogP contribution in [0.15, 0.2) is 30.3 Å². The first-order chi connectivity index (χ1) is 8.58. The Balaban J connectivity index is 0.000000357. The molecule has 0 bridgehead atoms. The number of benzene rings is 1. The van der Waals surface area contributed by atoms with Gasteiger partial charge in [0.05, 0.1) is 0 Å². The van der Waals surface area contributed by atoms with Crippen molar-refractivity contribution in [3.63, 3.8) is 0 Å². The van der Waals surface area contributed by atoms with Crippen LogP contribution in [-0.4, -0.2) is 34.1 Å². The second-order valence-electron chi connectivity index (χ2n) is 4.04. The van der Waals surface area contributed by atoms with Gasteiger partial charge in [-0.3, -0.25) is 9.69 Å². The van der Waals surface area contributed by atoms with Crippen molar-refractivity contribution in [3.05, 3.63) is 46.0 Å². The zero-order valence-electron chi connectivity index (χ0n) is 9.99. The van der Waals surface area contributed by atoms with E-state index >= 15 is 0 Å². The number of ketones is 1. The summed E-state index contributed by atoms with van der Waals surface area (Å²) >= 11 is 0. The van der Waals surface area contributed by atoms with Crippen LogP contribution in [-0.2, 0) is 11.3 Å². The number of hydrogen-bond acceptors (Lipinski definition) is 4. The number of carbonyl (C=O) groups excluding carboxylic acids is 1. The maximum atomic E-state index is 11.0. The minimum atomic E-state index is -1.50. The molecule has 0 radical (unpaired) electrons. The molecule has 98 valence electrons. The maximum absolute atomic E-state index is 11.0. The summed E-state index contributed by atoms with van der Waals surface area (Å²) in [7, 11) is 0. The maximum Gasteiger partial charge on any atom is 0.291 e. The summed E-state index contributed by atoms with van der Waals surface area (Å²) in [5.41, 5.74) is 1.34. The smallest absolute Gasteiger partial charge is 0.291 e. The van der Waals surface area contributed by atoms with E-state index in [1.165, 1.54) is 5.56 Å². The molecule has 0 saturated carbocycles. The molecule has 1 saturated heterocycles. The Hall–Kier alpha value is -1.95. The molecule has 6 heteroatoms. The largest absolute Gasteiger partial charge is 0.328 e. The van der Waals surface area contributed by atoms with Crippen molar-refractivity contribution in [3.8, 4) is 0 Å². The molecule has 0 aliphatic carbocycles. The van der Waals surface area contributed by atoms with Crippen LogP contribution in [0.1, 0.15) is 18.4 Å². The van der Waals surface area contributed by atoms with Crippen molar-refractivity contribution in [2.45, 2.75) is 19.4 Å². The van der Waals surface area contributed by atoms with Crippen molar-refractivity contribution in [1.82, 2.24) is 4.90 Å². The second kappa shape index (κ2) is 7.39. The van der Waals surface area contributed by atoms with Gasteiger partial charge >= 0.3 is 0 Å². The van der Waals surface area contributed by atoms with Gasteiger partial charge in [-0.15, -0.1) is 10.1 Å². The highest BCUT2D eigenvalue weighted by Crippen LogP contribution is 2.10. The van der Waals surface area contributed by atoms with E-state index in [0.29, 0.717) is 5.78 Å². The molecule has 1 aromatic rings. The summed E-state index contributed by atoms with van der Waals surface area (Å²) in [6.45, 7) is 2.83. The predicted octanol–water partition coefficient (Wildman–Crippen LogP) is 1.50. The van der Waals surface area contributed by atoms with Crippen molar-refractivity contribution in [2.24, 2.45) is 0 Å². The molecule has 0 aromatic heterocycles. The molecule has 1 aromatic carbocycles. The Morgan fingerprint density at radius 3 is 2.22 bits per heavy atom. The molecule has 1 N–H and O–H groups in total. The lowest BCUT2D eigenvalue weighted by Crippen LogP contribution is -2.33. The van der Waals surface area contributed by atoms with E-state index in [1.54, 1.807) is 0 Å². The van der Waals surface area contributed by atoms with Crippen LogP contribution < -0.4 is 0 Å². The Bertz CT molecular complexity index is 380. The number of carbonyl (C=O) groups is 1. The standard InChI is InChI=1S/C12H15NO.HNO3/c14-12-6-8-13(9-7-12)10-11-4-2-1-3-5-11;2-1(3)4/h1-5H,6-10H2;(H,2,3,4). The van der Waals surface area contributed by atoms with Gasteiger partial charge in [-0.2, -0.15) is 0 Å². The van der Waals surface area contributed by atoms with Gasteiger partial charge in [-0.1, -0.05) is 30.3 Å². The number of piperidine rings is 1. The zero-order chi connectivity index (χ0) is 13.4. The first kappa shape index (κ1) is 14.1. The van der Waals surface area contributed by atoms with Gasteiger partial charge in [0.2, 0.25) is 0 Å². The highest BCUT2D eigenvalue weighted by Gasteiger charge is 2.15. The van der Waals surface area contributed by atoms with Crippen LogP contribution in [0.5, 0.6) is 0 Å². The molecule has 1 aliphatic heterocycles. The monoisotopic (exact) mass is 252 g/mol. The van der Waals surface area contributed by atoms with E-state index in [2.05, 4.69) is 29.2 Å². The summed E-state index contributed by atoms with van der Waals surface area (Å²) in [5.74, 6) is 0.411. The lowest BCUT2D eigenvalue weighted by atomic mass is 10.1. The molecule has 1 heterocycles. The Labute approximate surface area is 105 Å². The summed E-state index contributed by atoms with van der Waals surface area (Å²) in [5, 5.41) is 13.6. The minimum absolute atomic E-state index is 0.411. The van der Waals surface area contributed by atoms with E-state index in [1.807, 2.05) is 6.07 Å². The van der Waals surface area contributed by atoms with Crippen LogP contribution >= 0.6 is 0 Å². The fourth-order valence-corrected chi connectivity index (χ4v) is 1.80. The third-order valence-corrected chi connectivity index (χ3v) is 2.66. The highest BCUT2D eigenvalue weighted by atomic mass is 16.9. The third-order valence-electron chi connectivity index (χ3n) is 2.66. The van der Waals surface area contributed by atoms with Gasteiger partial charge in [-0.05, 0) is 5.56 Å². The number of likely N-dealkylation sites (tertiary alicyclic amines) is 1. The average molecular weight is 252 g/mol. The first-order valence-electron chi connectivity index (χ1n) is 5.69. The Kier molecular flexibility index (Phi) is 5.79. The molecule has 0 unspecified atom stereocenters. The van der Waals surface area contributed by atoms with Gasteiger partial charge < -0.3 is 5.21 Å². The molecule has 1 aliphatic rings. The molecular weight excluding hydrogens is 236 g/mol. The van der Waals surface area contributed by atoms with E-state index in [0.717, 1.165) is 32.5 Å². The molecule has 6 nitrogen and oxygen atoms in total. The third kappa shape index (κ3) is 5.95. The van der Waals surface area contributed by atoms with Crippen LogP contribution in [0.4, 0.5) is 0 Å². The normalized spacial score (nSPS) is 15.7. The fourth-order valence-electron chi connectivity index (χ4n) is 1.80. The molecule has 0 spiro atoms. The zero-order valence-corrected chi connectivity index (χ0v) is 9.99. The van der Waals surface area contributed by atoms with E-state index in [-0.39, 0.29) is 0 Å². The van der Waals surface area contributed by atoms with Gasteiger partial charge in [0, 0.05) is 32.5 Å². The lowest BCUT2D eigenvalue weighted by molar-refractivity contribution is -0.742. The number of rotatable bonds is 2. The molecule has 18 heavy (non-hydrogen) atoms. The SMILES string of the molecule is O=C1CCN(Cc2ccccc2)CC1.O=[N+]([O-])O. The lowest BCUT2D eigenvalue weighted by Gasteiger charge is -2.25. The Morgan fingerprint density at radius 2 is 1.72 bits per heavy atom. The van der Waals surface area contributed by atoms with E-state index in [9.17, 15) is 4.79 Å². The van der Waals surface area contributed by atoms with Crippen molar-refractivity contribution < 1.29 is 15.1 Å². The Morgan fingerprint density at radius 1 is 1.22 bits per heavy atom. The van der Waals surface area contributed by atoms with E-state index < -0.39 is 5.09 Å². The second-order valence-corrected chi connectivity index (χ2v) is 4.04. The van der Waals surface area contributed by atoms with Gasteiger partial charge in [0.15, 0.2) is 0 Å². The number of nitrogens with zero attached hydrogens (tertiary/aromatic N) is 2. The van der Waals surface area contributed by atoms with Crippen molar-refractivity contribution in [2.75, 3.05) is 13.1 Å². The quantitative estimate of drug-likeness (QED) is 0.637. The highest BCUT2D eigenvalue weighted by molar-refractivity contribution is 5.79. The molecular formula is C12H16N2O4. The van der Waals surface area contributed by atoms with E-state index in [4.69, 9.17) is 15.3 Å². The topological polar surface area (TPSA) is 83.7 Å². The van der Waals surface area contributed by atoms with Gasteiger partial charge in [0.1, 0.15) is 5.78 Å². The summed E-state index contributed by atoms with van der Waals surface area (Å²) < 4.78 is 0. The first-order valence-corrected chi connectivity index (χ1v) is 5.69. The van der Waals surface area contributed by atoms with Crippen molar-refractivity contribution >= 4 is 5.78 Å². The summed E-state index contributed by atoms with van der Waals surface area (Å²) in [6, 6.07) is 10.4. The fraction of sp³-hybridized carbons (Fsp3) is 0.417. The minimum Gasteiger partial charge on any atom is -0.328 e. The molecule has 0 amide bonds. The average Bonchev–Trinajstić information content (AvgIpc) is 2.33. The van der Waals surface area contributed by atoms with Crippen LogP contribution in [0.25, 0.3) is 0 Å². The molecule has 2 rings (SSSR count). The van der Waals surface area contributed by atoms with Gasteiger partial charge in [-0.25, -0.2) is 0 Å². The predicted molar refractivity (Wildman–Crippen MR) is 64.7 cm³/mol.